The zero-order chi connectivity index (χ0) is 24.4. The number of carbonyl (C=O) groups is 3. The van der Waals surface area contributed by atoms with Crippen molar-refractivity contribution in [3.8, 4) is 0 Å². The standard InChI is InChI=1S/C27H36O6/c1-18(2)14-24-16-23(27(30)33-24)12-13-25(32-21(5)28)20(4)10-6-8-19(3)9-7-11-22-15-26(29)31-17-22/h9-10,12,14-15,24-25H,6-8,11,13,16-17H2,1-5H3/b19-9+,20-10+,23-12-/t24?,25-/m1/s1. The van der Waals surface area contributed by atoms with Crippen molar-refractivity contribution in [1.82, 2.24) is 0 Å². The number of rotatable bonds is 11. The summed E-state index contributed by atoms with van der Waals surface area (Å²) in [5, 5.41) is 0. The molecule has 6 heteroatoms. The van der Waals surface area contributed by atoms with Crippen LogP contribution in [-0.2, 0) is 28.6 Å². The molecule has 0 saturated carbocycles. The highest BCUT2D eigenvalue weighted by Crippen LogP contribution is 2.24. The molecule has 180 valence electrons. The summed E-state index contributed by atoms with van der Waals surface area (Å²) in [4.78, 5) is 34.8. The van der Waals surface area contributed by atoms with E-state index in [0.29, 0.717) is 25.0 Å². The second-order valence-electron chi connectivity index (χ2n) is 8.94. The second kappa shape index (κ2) is 13.0. The Kier molecular flexibility index (Phi) is 10.4. The van der Waals surface area contributed by atoms with Crippen LogP contribution >= 0.6 is 0 Å². The van der Waals surface area contributed by atoms with Crippen LogP contribution in [0.2, 0.25) is 0 Å². The normalized spacial score (nSPS) is 20.9. The van der Waals surface area contributed by atoms with Crippen molar-refractivity contribution in [2.75, 3.05) is 6.61 Å². The lowest BCUT2D eigenvalue weighted by Crippen LogP contribution is -2.17. The van der Waals surface area contributed by atoms with Gasteiger partial charge in [0.2, 0.25) is 0 Å². The minimum atomic E-state index is -0.401. The van der Waals surface area contributed by atoms with E-state index < -0.39 is 6.10 Å². The summed E-state index contributed by atoms with van der Waals surface area (Å²) in [6.45, 7) is 9.80. The van der Waals surface area contributed by atoms with Gasteiger partial charge in [-0.15, -0.1) is 0 Å². The third-order valence-corrected chi connectivity index (χ3v) is 5.54. The van der Waals surface area contributed by atoms with Crippen LogP contribution in [0.3, 0.4) is 0 Å². The highest BCUT2D eigenvalue weighted by atomic mass is 16.6. The van der Waals surface area contributed by atoms with Gasteiger partial charge in [-0.05, 0) is 70.6 Å². The Bertz CT molecular complexity index is 896. The monoisotopic (exact) mass is 456 g/mol. The van der Waals surface area contributed by atoms with Crippen LogP contribution in [0.25, 0.3) is 0 Å². The Morgan fingerprint density at radius 3 is 2.55 bits per heavy atom. The number of ether oxygens (including phenoxy) is 3. The quantitative estimate of drug-likeness (QED) is 0.178. The fourth-order valence-electron chi connectivity index (χ4n) is 3.79. The van der Waals surface area contributed by atoms with Crippen LogP contribution in [0.4, 0.5) is 0 Å². The number of hydrogen-bond acceptors (Lipinski definition) is 6. The summed E-state index contributed by atoms with van der Waals surface area (Å²) < 4.78 is 15.8. The molecular weight excluding hydrogens is 420 g/mol. The molecule has 2 atom stereocenters. The van der Waals surface area contributed by atoms with E-state index in [1.165, 1.54) is 12.5 Å². The first-order valence-electron chi connectivity index (χ1n) is 11.5. The zero-order valence-electron chi connectivity index (χ0n) is 20.4. The van der Waals surface area contributed by atoms with Crippen molar-refractivity contribution in [3.05, 3.63) is 58.2 Å². The molecule has 0 aromatic rings. The maximum atomic E-state index is 12.1. The van der Waals surface area contributed by atoms with Gasteiger partial charge in [-0.25, -0.2) is 9.59 Å². The number of esters is 3. The molecule has 1 unspecified atom stereocenters. The molecule has 0 N–H and O–H groups in total. The Balaban J connectivity index is 1.88. The maximum Gasteiger partial charge on any atom is 0.334 e. The van der Waals surface area contributed by atoms with Gasteiger partial charge in [0, 0.05) is 31.4 Å². The van der Waals surface area contributed by atoms with Crippen molar-refractivity contribution in [1.29, 1.82) is 0 Å². The fourth-order valence-corrected chi connectivity index (χ4v) is 3.79. The van der Waals surface area contributed by atoms with E-state index in [-0.39, 0.29) is 24.0 Å². The smallest absolute Gasteiger partial charge is 0.334 e. The molecule has 1 fully saturated rings. The molecule has 2 aliphatic rings. The minimum absolute atomic E-state index is 0.217. The average Bonchev–Trinajstić information content (AvgIpc) is 3.28. The van der Waals surface area contributed by atoms with Gasteiger partial charge < -0.3 is 14.2 Å². The molecular formula is C27H36O6. The summed E-state index contributed by atoms with van der Waals surface area (Å²) in [5.41, 5.74) is 5.01. The SMILES string of the molecule is CC(=O)O[C@H](C/C=C1/CC(C=C(C)C)OC1=O)/C(C)=C/CC/C(C)=C/CCC1=CC(=O)OC1. The van der Waals surface area contributed by atoms with E-state index in [2.05, 4.69) is 19.1 Å². The van der Waals surface area contributed by atoms with Crippen molar-refractivity contribution >= 4 is 17.9 Å². The van der Waals surface area contributed by atoms with Gasteiger partial charge in [0.1, 0.15) is 18.8 Å². The van der Waals surface area contributed by atoms with E-state index in [1.54, 1.807) is 6.08 Å². The van der Waals surface area contributed by atoms with Gasteiger partial charge in [0.15, 0.2) is 0 Å². The van der Waals surface area contributed by atoms with E-state index in [0.717, 1.165) is 42.4 Å². The van der Waals surface area contributed by atoms with Crippen molar-refractivity contribution in [2.45, 2.75) is 85.4 Å². The Labute approximate surface area is 197 Å². The highest BCUT2D eigenvalue weighted by molar-refractivity contribution is 5.91. The molecule has 1 saturated heterocycles. The largest absolute Gasteiger partial charge is 0.458 e. The first kappa shape index (κ1) is 26.4. The molecule has 2 heterocycles. The molecule has 0 aromatic heterocycles. The van der Waals surface area contributed by atoms with Crippen LogP contribution in [0.15, 0.2) is 58.2 Å². The molecule has 2 rings (SSSR count). The summed E-state index contributed by atoms with van der Waals surface area (Å²) in [7, 11) is 0. The number of cyclic esters (lactones) is 2. The predicted molar refractivity (Wildman–Crippen MR) is 127 cm³/mol. The van der Waals surface area contributed by atoms with Crippen molar-refractivity contribution in [2.24, 2.45) is 0 Å². The Hall–Kier alpha value is -2.89. The first-order valence-corrected chi connectivity index (χ1v) is 11.5. The summed E-state index contributed by atoms with van der Waals surface area (Å²) >= 11 is 0. The predicted octanol–water partition coefficient (Wildman–Crippen LogP) is 5.45. The zero-order valence-corrected chi connectivity index (χ0v) is 20.4. The van der Waals surface area contributed by atoms with Crippen LogP contribution in [0.1, 0.15) is 73.1 Å². The van der Waals surface area contributed by atoms with Gasteiger partial charge in [-0.3, -0.25) is 4.79 Å². The van der Waals surface area contributed by atoms with Gasteiger partial charge in [0.25, 0.3) is 0 Å². The molecule has 0 aliphatic carbocycles. The van der Waals surface area contributed by atoms with Crippen LogP contribution < -0.4 is 0 Å². The van der Waals surface area contributed by atoms with E-state index in [9.17, 15) is 14.4 Å². The number of allylic oxidation sites excluding steroid dienone is 4. The van der Waals surface area contributed by atoms with Crippen LogP contribution in [0.5, 0.6) is 0 Å². The van der Waals surface area contributed by atoms with Crippen molar-refractivity contribution in [3.63, 3.8) is 0 Å². The molecule has 0 spiro atoms. The van der Waals surface area contributed by atoms with Crippen molar-refractivity contribution < 1.29 is 28.6 Å². The third kappa shape index (κ3) is 9.64. The molecule has 0 amide bonds. The molecule has 33 heavy (non-hydrogen) atoms. The Morgan fingerprint density at radius 2 is 1.91 bits per heavy atom. The van der Waals surface area contributed by atoms with E-state index >= 15 is 0 Å². The third-order valence-electron chi connectivity index (χ3n) is 5.54. The summed E-state index contributed by atoms with van der Waals surface area (Å²) in [6, 6.07) is 0. The maximum absolute atomic E-state index is 12.1. The lowest BCUT2D eigenvalue weighted by molar-refractivity contribution is -0.144. The first-order chi connectivity index (χ1) is 15.6. The second-order valence-corrected chi connectivity index (χ2v) is 8.94. The van der Waals surface area contributed by atoms with Gasteiger partial charge in [0.05, 0.1) is 0 Å². The fraction of sp³-hybridized carbons (Fsp3) is 0.519. The number of hydrogen-bond donors (Lipinski definition) is 0. The molecule has 0 bridgehead atoms. The average molecular weight is 457 g/mol. The molecule has 6 nitrogen and oxygen atoms in total. The number of carbonyl (C=O) groups excluding carboxylic acids is 3. The highest BCUT2D eigenvalue weighted by Gasteiger charge is 2.27. The Morgan fingerprint density at radius 1 is 1.15 bits per heavy atom. The van der Waals surface area contributed by atoms with E-state index in [1.807, 2.05) is 32.9 Å². The van der Waals surface area contributed by atoms with Gasteiger partial charge >= 0.3 is 17.9 Å². The van der Waals surface area contributed by atoms with Crippen LogP contribution in [-0.4, -0.2) is 36.7 Å². The van der Waals surface area contributed by atoms with Crippen LogP contribution in [0, 0.1) is 0 Å². The minimum Gasteiger partial charge on any atom is -0.458 e. The lowest BCUT2D eigenvalue weighted by atomic mass is 10.0. The molecule has 2 aliphatic heterocycles. The van der Waals surface area contributed by atoms with E-state index in [4.69, 9.17) is 14.2 Å². The molecule has 0 radical (unpaired) electrons. The molecule has 0 aromatic carbocycles. The lowest BCUT2D eigenvalue weighted by Gasteiger charge is -2.16. The van der Waals surface area contributed by atoms with Gasteiger partial charge in [-0.1, -0.05) is 29.4 Å². The summed E-state index contributed by atoms with van der Waals surface area (Å²) in [6.07, 6.45) is 13.4. The summed E-state index contributed by atoms with van der Waals surface area (Å²) in [5.74, 6) is -0.894. The topological polar surface area (TPSA) is 78.9 Å². The van der Waals surface area contributed by atoms with Gasteiger partial charge in [-0.2, -0.15) is 0 Å².